The van der Waals surface area contributed by atoms with Gasteiger partial charge in [-0.25, -0.2) is 0 Å². The summed E-state index contributed by atoms with van der Waals surface area (Å²) in [6, 6.07) is 0. The van der Waals surface area contributed by atoms with Gasteiger partial charge >= 0.3 is 33.0 Å². The molecule has 0 radical (unpaired) electrons. The third kappa shape index (κ3) is 20.5. The molecule has 0 bridgehead atoms. The minimum atomic E-state index is -3.79. The molecule has 0 aromatic rings. The number of nitrogens with zero attached hydrogens (tertiary/aromatic N) is 2. The summed E-state index contributed by atoms with van der Waals surface area (Å²) in [7, 11) is 1.82. The van der Waals surface area contributed by atoms with Gasteiger partial charge in [-0.3, -0.25) is 9.11 Å². The first-order valence-corrected chi connectivity index (χ1v) is 14.4. The third-order valence-corrected chi connectivity index (χ3v) is 5.07. The fourth-order valence-electron chi connectivity index (χ4n) is 2.25. The molecule has 0 spiro atoms. The molecule has 2 heterocycles. The van der Waals surface area contributed by atoms with E-state index in [1.54, 1.807) is 0 Å². The number of rotatable bonds is 8. The summed E-state index contributed by atoms with van der Waals surface area (Å²) in [4.78, 5) is 3.98. The van der Waals surface area contributed by atoms with Gasteiger partial charge < -0.3 is 9.80 Å². The molecule has 0 fully saturated rings. The van der Waals surface area contributed by atoms with Crippen LogP contribution in [0.25, 0.3) is 0 Å². The van der Waals surface area contributed by atoms with Crippen LogP contribution in [-0.4, -0.2) is 73.4 Å². The van der Waals surface area contributed by atoms with E-state index in [-0.39, 0.29) is 11.5 Å². The van der Waals surface area contributed by atoms with E-state index >= 15 is 0 Å². The maximum atomic E-state index is 10.4. The van der Waals surface area contributed by atoms with Crippen LogP contribution in [0.15, 0.2) is 48.9 Å². The second-order valence-electron chi connectivity index (χ2n) is 5.85. The molecular formula is C16H26Cl2N2NiO6S2. The van der Waals surface area contributed by atoms with Crippen molar-refractivity contribution >= 4 is 40.6 Å². The van der Waals surface area contributed by atoms with Crippen LogP contribution >= 0.6 is 20.4 Å². The third-order valence-electron chi connectivity index (χ3n) is 3.46. The standard InChI is InChI=1S/2C8H13NO3S.2ClH.Ni/c2*10-13(11,12)8-4-7-9-5-2-1-3-6-9;;;/h2*1-3,5H,4,6-8H2,(H,10,11,12);2*1H;/q;;;;+2/p-2. The van der Waals surface area contributed by atoms with Crippen molar-refractivity contribution in [2.24, 2.45) is 0 Å². The summed E-state index contributed by atoms with van der Waals surface area (Å²) >= 11 is 0.569. The van der Waals surface area contributed by atoms with Crippen molar-refractivity contribution in [1.29, 1.82) is 0 Å². The summed E-state index contributed by atoms with van der Waals surface area (Å²) in [6.45, 7) is 2.92. The molecule has 0 saturated heterocycles. The molecule has 0 atom stereocenters. The molecule has 172 valence electrons. The van der Waals surface area contributed by atoms with Gasteiger partial charge in [0.2, 0.25) is 0 Å². The first-order chi connectivity index (χ1) is 13.6. The molecular weight excluding hydrogens is 510 g/mol. The van der Waals surface area contributed by atoms with Crippen LogP contribution in [-0.2, 0) is 32.9 Å². The Morgan fingerprint density at radius 2 is 1.10 bits per heavy atom. The fraction of sp³-hybridized carbons (Fsp3) is 0.500. The number of allylic oxidation sites excluding steroid dienone is 4. The molecule has 0 amide bonds. The van der Waals surface area contributed by atoms with Gasteiger partial charge in [0.05, 0.1) is 11.5 Å². The molecule has 8 nitrogen and oxygen atoms in total. The molecule has 2 aliphatic rings. The summed E-state index contributed by atoms with van der Waals surface area (Å²) in [5.74, 6) is -0.331. The molecule has 0 aliphatic carbocycles. The Morgan fingerprint density at radius 3 is 1.34 bits per heavy atom. The molecule has 0 saturated carbocycles. The molecule has 0 aromatic carbocycles. The van der Waals surface area contributed by atoms with Gasteiger partial charge in [0.1, 0.15) is 0 Å². The Balaban J connectivity index is 0.000000477. The summed E-state index contributed by atoms with van der Waals surface area (Å²) < 4.78 is 58.4. The molecule has 29 heavy (non-hydrogen) atoms. The van der Waals surface area contributed by atoms with Crippen LogP contribution in [0.4, 0.5) is 0 Å². The number of hydrogen-bond donors (Lipinski definition) is 2. The molecule has 0 aromatic heterocycles. The summed E-state index contributed by atoms with van der Waals surface area (Å²) in [5.41, 5.74) is 0. The van der Waals surface area contributed by atoms with E-state index in [4.69, 9.17) is 29.5 Å². The van der Waals surface area contributed by atoms with E-state index < -0.39 is 20.2 Å². The number of halogens is 2. The molecule has 13 heteroatoms. The quantitative estimate of drug-likeness (QED) is 0.360. The van der Waals surface area contributed by atoms with Gasteiger partial charge in [0.15, 0.2) is 0 Å². The summed E-state index contributed by atoms with van der Waals surface area (Å²) in [6.07, 6.45) is 16.4. The fourth-order valence-corrected chi connectivity index (χ4v) is 3.23. The van der Waals surface area contributed by atoms with Gasteiger partial charge in [-0.2, -0.15) is 16.8 Å². The van der Waals surface area contributed by atoms with Crippen molar-refractivity contribution in [1.82, 2.24) is 9.80 Å². The Kier molecular flexibility index (Phi) is 15.9. The second kappa shape index (κ2) is 16.2. The minimum absolute atomic E-state index is 0.166. The van der Waals surface area contributed by atoms with Crippen molar-refractivity contribution in [3.63, 3.8) is 0 Å². The van der Waals surface area contributed by atoms with Crippen LogP contribution in [0.5, 0.6) is 0 Å². The molecule has 2 N–H and O–H groups in total. The van der Waals surface area contributed by atoms with Crippen molar-refractivity contribution in [2.75, 3.05) is 37.7 Å². The average molecular weight is 536 g/mol. The predicted molar refractivity (Wildman–Crippen MR) is 113 cm³/mol. The number of hydrogen-bond acceptors (Lipinski definition) is 6. The molecule has 2 rings (SSSR count). The Hall–Kier alpha value is -0.546. The zero-order chi connectivity index (χ0) is 22.2. The Labute approximate surface area is 187 Å². The summed E-state index contributed by atoms with van der Waals surface area (Å²) in [5, 5.41) is 0. The van der Waals surface area contributed by atoms with E-state index in [2.05, 4.69) is 0 Å². The normalized spacial score (nSPS) is 15.6. The van der Waals surface area contributed by atoms with Crippen LogP contribution in [0, 0.1) is 0 Å². The maximum absolute atomic E-state index is 10.4. The van der Waals surface area contributed by atoms with Gasteiger partial charge in [0, 0.05) is 26.2 Å². The average Bonchev–Trinajstić information content (AvgIpc) is 2.63. The predicted octanol–water partition coefficient (Wildman–Crippen LogP) is 2.68. The van der Waals surface area contributed by atoms with E-state index in [1.807, 2.05) is 58.7 Å². The zero-order valence-electron chi connectivity index (χ0n) is 15.6. The SMILES string of the molecule is O=S(=O)(O)CCCN1C=CC=CC1.O=S(=O)(O)CCCN1C=CC=CC1.[Cl][Ni][Cl]. The van der Waals surface area contributed by atoms with Gasteiger partial charge in [-0.15, -0.1) is 0 Å². The van der Waals surface area contributed by atoms with Crippen molar-refractivity contribution < 1.29 is 38.6 Å². The zero-order valence-corrected chi connectivity index (χ0v) is 19.7. The van der Waals surface area contributed by atoms with Crippen LogP contribution < -0.4 is 0 Å². The van der Waals surface area contributed by atoms with Crippen LogP contribution in [0.3, 0.4) is 0 Å². The van der Waals surface area contributed by atoms with E-state index in [0.717, 1.165) is 13.1 Å². The monoisotopic (exact) mass is 534 g/mol. The van der Waals surface area contributed by atoms with Crippen LogP contribution in [0.2, 0.25) is 0 Å². The van der Waals surface area contributed by atoms with Crippen molar-refractivity contribution in [3.8, 4) is 0 Å². The van der Waals surface area contributed by atoms with Crippen molar-refractivity contribution in [3.05, 3.63) is 48.9 Å². The first-order valence-electron chi connectivity index (χ1n) is 8.45. The second-order valence-corrected chi connectivity index (χ2v) is 10.6. The molecule has 0 unspecified atom stereocenters. The van der Waals surface area contributed by atoms with E-state index in [9.17, 15) is 16.8 Å². The topological polar surface area (TPSA) is 115 Å². The van der Waals surface area contributed by atoms with Gasteiger partial charge in [0.25, 0.3) is 20.2 Å². The van der Waals surface area contributed by atoms with Crippen LogP contribution in [0.1, 0.15) is 12.8 Å². The van der Waals surface area contributed by atoms with Crippen molar-refractivity contribution in [2.45, 2.75) is 12.8 Å². The van der Waals surface area contributed by atoms with Gasteiger partial charge in [-0.1, -0.05) is 24.3 Å². The molecule has 2 aliphatic heterocycles. The van der Waals surface area contributed by atoms with E-state index in [1.165, 1.54) is 0 Å². The first kappa shape index (κ1) is 28.5. The van der Waals surface area contributed by atoms with Gasteiger partial charge in [-0.05, 0) is 37.4 Å². The Morgan fingerprint density at radius 1 is 0.759 bits per heavy atom. The Bertz CT molecular complexity index is 706. The van der Waals surface area contributed by atoms with E-state index in [0.29, 0.717) is 38.6 Å².